The number of rotatable bonds is 6. The number of aldehydes is 1. The molecule has 0 spiro atoms. The van der Waals surface area contributed by atoms with E-state index >= 15 is 0 Å². The zero-order chi connectivity index (χ0) is 14.4. The smallest absolute Gasteiger partial charge is 0.131 e. The molecule has 1 aliphatic rings. The van der Waals surface area contributed by atoms with E-state index in [1.807, 2.05) is 18.2 Å². The second-order valence-electron chi connectivity index (χ2n) is 6.41. The normalized spacial score (nSPS) is 20.5. The Bertz CT molecular complexity index is 409. The first-order valence-corrected chi connectivity index (χ1v) is 7.92. The van der Waals surface area contributed by atoms with Gasteiger partial charge in [-0.25, -0.2) is 0 Å². The predicted octanol–water partition coefficient (Wildman–Crippen LogP) is 3.66. The highest BCUT2D eigenvalue weighted by atomic mass is 16.1. The molecule has 0 amide bonds. The third-order valence-electron chi connectivity index (χ3n) is 4.65. The van der Waals surface area contributed by atoms with Crippen LogP contribution in [0.25, 0.3) is 0 Å². The number of likely N-dealkylation sites (tertiary alicyclic amines) is 1. The Kier molecular flexibility index (Phi) is 5.36. The summed E-state index contributed by atoms with van der Waals surface area (Å²) in [7, 11) is 0. The fourth-order valence-corrected chi connectivity index (χ4v) is 3.32. The lowest BCUT2D eigenvalue weighted by molar-refractivity contribution is -0.112. The highest BCUT2D eigenvalue weighted by Crippen LogP contribution is 2.27. The van der Waals surface area contributed by atoms with E-state index in [2.05, 4.69) is 30.9 Å². The number of nitrogens with zero attached hydrogens (tertiary/aromatic N) is 1. The first kappa shape index (κ1) is 15.2. The summed E-state index contributed by atoms with van der Waals surface area (Å²) in [5.74, 6) is 0.899. The molecule has 110 valence electrons. The van der Waals surface area contributed by atoms with Gasteiger partial charge in [0.15, 0.2) is 0 Å². The minimum Gasteiger partial charge on any atom is -0.302 e. The second kappa shape index (κ2) is 7.03. The van der Waals surface area contributed by atoms with E-state index in [1.54, 1.807) is 0 Å². The molecular formula is C18H27NO. The fourth-order valence-electron chi connectivity index (χ4n) is 3.32. The van der Waals surface area contributed by atoms with Crippen LogP contribution in [0.3, 0.4) is 0 Å². The van der Waals surface area contributed by atoms with E-state index in [0.29, 0.717) is 0 Å². The standard InChI is InChI=1S/C18H27NO/c1-3-7-16-10-12-19(13-11-16)14-18(2,15-20)17-8-5-4-6-9-17/h4-6,8-9,15-16H,3,7,10-14H2,1-2H3. The molecule has 1 aliphatic heterocycles. The highest BCUT2D eigenvalue weighted by Gasteiger charge is 2.30. The minimum absolute atomic E-state index is 0.376. The summed E-state index contributed by atoms with van der Waals surface area (Å²) in [4.78, 5) is 14.1. The lowest BCUT2D eigenvalue weighted by Crippen LogP contribution is -2.43. The molecule has 1 aromatic rings. The average molecular weight is 273 g/mol. The molecule has 2 heteroatoms. The zero-order valence-electron chi connectivity index (χ0n) is 12.8. The van der Waals surface area contributed by atoms with Crippen LogP contribution in [0.5, 0.6) is 0 Å². The van der Waals surface area contributed by atoms with Crippen molar-refractivity contribution in [3.8, 4) is 0 Å². The molecule has 0 aromatic heterocycles. The molecule has 0 saturated carbocycles. The van der Waals surface area contributed by atoms with Gasteiger partial charge in [-0.05, 0) is 44.3 Å². The van der Waals surface area contributed by atoms with Gasteiger partial charge in [-0.3, -0.25) is 0 Å². The van der Waals surface area contributed by atoms with Crippen LogP contribution in [0, 0.1) is 5.92 Å². The molecule has 1 unspecified atom stereocenters. The third kappa shape index (κ3) is 3.69. The molecule has 0 bridgehead atoms. The van der Waals surface area contributed by atoms with Crippen LogP contribution in [0.15, 0.2) is 30.3 Å². The summed E-state index contributed by atoms with van der Waals surface area (Å²) in [5.41, 5.74) is 0.754. The zero-order valence-corrected chi connectivity index (χ0v) is 12.8. The second-order valence-corrected chi connectivity index (χ2v) is 6.41. The average Bonchev–Trinajstić information content (AvgIpc) is 2.50. The summed E-state index contributed by atoms with van der Waals surface area (Å²) in [6.07, 6.45) is 6.35. The Morgan fingerprint density at radius 1 is 1.25 bits per heavy atom. The number of hydrogen-bond acceptors (Lipinski definition) is 2. The molecule has 0 radical (unpaired) electrons. The minimum atomic E-state index is -0.376. The lowest BCUT2D eigenvalue weighted by atomic mass is 9.82. The summed E-state index contributed by atoms with van der Waals surface area (Å²) in [5, 5.41) is 0. The number of hydrogen-bond donors (Lipinski definition) is 0. The molecule has 2 rings (SSSR count). The van der Waals surface area contributed by atoms with Crippen molar-refractivity contribution < 1.29 is 4.79 Å². The fraction of sp³-hybridized carbons (Fsp3) is 0.611. The number of benzene rings is 1. The van der Waals surface area contributed by atoms with Crippen molar-refractivity contribution in [2.45, 2.75) is 44.9 Å². The van der Waals surface area contributed by atoms with Gasteiger partial charge in [0.25, 0.3) is 0 Å². The molecule has 1 aromatic carbocycles. The molecule has 1 heterocycles. The molecule has 0 aliphatic carbocycles. The van der Waals surface area contributed by atoms with Crippen molar-refractivity contribution in [3.63, 3.8) is 0 Å². The Morgan fingerprint density at radius 3 is 2.45 bits per heavy atom. The van der Waals surface area contributed by atoms with Crippen molar-refractivity contribution in [2.24, 2.45) is 5.92 Å². The quantitative estimate of drug-likeness (QED) is 0.737. The van der Waals surface area contributed by atoms with Crippen LogP contribution in [-0.2, 0) is 10.2 Å². The summed E-state index contributed by atoms with van der Waals surface area (Å²) in [6, 6.07) is 10.2. The Hall–Kier alpha value is -1.15. The van der Waals surface area contributed by atoms with E-state index in [4.69, 9.17) is 0 Å². The van der Waals surface area contributed by atoms with Gasteiger partial charge in [-0.15, -0.1) is 0 Å². The Balaban J connectivity index is 1.96. The van der Waals surface area contributed by atoms with Gasteiger partial charge in [-0.1, -0.05) is 50.1 Å². The Labute approximate surface area is 123 Å². The van der Waals surface area contributed by atoms with Gasteiger partial charge in [0.2, 0.25) is 0 Å². The molecule has 2 nitrogen and oxygen atoms in total. The molecule has 1 fully saturated rings. The molecule has 1 atom stereocenters. The van der Waals surface area contributed by atoms with Gasteiger partial charge in [0, 0.05) is 6.54 Å². The number of carbonyl (C=O) groups excluding carboxylic acids is 1. The van der Waals surface area contributed by atoms with E-state index < -0.39 is 0 Å². The van der Waals surface area contributed by atoms with Crippen LogP contribution in [0.4, 0.5) is 0 Å². The first-order valence-electron chi connectivity index (χ1n) is 7.92. The van der Waals surface area contributed by atoms with Crippen LogP contribution >= 0.6 is 0 Å². The van der Waals surface area contributed by atoms with E-state index in [9.17, 15) is 4.79 Å². The molecular weight excluding hydrogens is 246 g/mol. The summed E-state index contributed by atoms with van der Waals surface area (Å²) >= 11 is 0. The van der Waals surface area contributed by atoms with Gasteiger partial charge in [0.1, 0.15) is 6.29 Å². The number of carbonyl (C=O) groups is 1. The van der Waals surface area contributed by atoms with Crippen LogP contribution in [-0.4, -0.2) is 30.8 Å². The van der Waals surface area contributed by atoms with Crippen LogP contribution in [0.1, 0.15) is 45.1 Å². The third-order valence-corrected chi connectivity index (χ3v) is 4.65. The maximum absolute atomic E-state index is 11.6. The largest absolute Gasteiger partial charge is 0.302 e. The van der Waals surface area contributed by atoms with Gasteiger partial charge in [0.05, 0.1) is 5.41 Å². The van der Waals surface area contributed by atoms with Gasteiger partial charge >= 0.3 is 0 Å². The maximum atomic E-state index is 11.6. The summed E-state index contributed by atoms with van der Waals surface area (Å²) in [6.45, 7) is 7.46. The van der Waals surface area contributed by atoms with E-state index in [1.165, 1.54) is 25.7 Å². The molecule has 20 heavy (non-hydrogen) atoms. The lowest BCUT2D eigenvalue weighted by Gasteiger charge is -2.37. The van der Waals surface area contributed by atoms with Gasteiger partial charge in [-0.2, -0.15) is 0 Å². The van der Waals surface area contributed by atoms with Crippen molar-refractivity contribution in [2.75, 3.05) is 19.6 Å². The SMILES string of the molecule is CCCC1CCN(CC(C)(C=O)c2ccccc2)CC1. The van der Waals surface area contributed by atoms with Crippen LogP contribution < -0.4 is 0 Å². The highest BCUT2D eigenvalue weighted by molar-refractivity contribution is 5.68. The monoisotopic (exact) mass is 273 g/mol. The molecule has 1 saturated heterocycles. The topological polar surface area (TPSA) is 20.3 Å². The Morgan fingerprint density at radius 2 is 1.90 bits per heavy atom. The van der Waals surface area contributed by atoms with Crippen molar-refractivity contribution in [1.82, 2.24) is 4.90 Å². The van der Waals surface area contributed by atoms with Crippen molar-refractivity contribution in [3.05, 3.63) is 35.9 Å². The van der Waals surface area contributed by atoms with E-state index in [0.717, 1.165) is 37.4 Å². The molecule has 0 N–H and O–H groups in total. The van der Waals surface area contributed by atoms with Crippen molar-refractivity contribution >= 4 is 6.29 Å². The van der Waals surface area contributed by atoms with Crippen LogP contribution in [0.2, 0.25) is 0 Å². The maximum Gasteiger partial charge on any atom is 0.131 e. The number of piperidine rings is 1. The predicted molar refractivity (Wildman–Crippen MR) is 83.9 cm³/mol. The summed E-state index contributed by atoms with van der Waals surface area (Å²) < 4.78 is 0. The van der Waals surface area contributed by atoms with E-state index in [-0.39, 0.29) is 5.41 Å². The van der Waals surface area contributed by atoms with Gasteiger partial charge < -0.3 is 9.69 Å². The first-order chi connectivity index (χ1) is 9.68. The van der Waals surface area contributed by atoms with Crippen molar-refractivity contribution in [1.29, 1.82) is 0 Å².